The minimum absolute atomic E-state index is 0.785. The highest BCUT2D eigenvalue weighted by molar-refractivity contribution is 7.80. The lowest BCUT2D eigenvalue weighted by Crippen LogP contribution is -2.56. The number of aromatic nitrogens is 1. The van der Waals surface area contributed by atoms with Gasteiger partial charge in [0.1, 0.15) is 6.54 Å². The van der Waals surface area contributed by atoms with Gasteiger partial charge in [-0.05, 0) is 6.42 Å². The number of hydrogen-bond acceptors (Lipinski definition) is 1. The molecule has 2 bridgehead atoms. The van der Waals surface area contributed by atoms with Crippen molar-refractivity contribution in [3.63, 3.8) is 0 Å². The van der Waals surface area contributed by atoms with E-state index in [1.807, 2.05) is 6.92 Å². The van der Waals surface area contributed by atoms with Crippen LogP contribution in [0.4, 0.5) is 0 Å². The van der Waals surface area contributed by atoms with Crippen molar-refractivity contribution in [2.24, 2.45) is 0 Å². The molecule has 2 aliphatic heterocycles. The van der Waals surface area contributed by atoms with Crippen molar-refractivity contribution in [3.8, 4) is 0 Å². The first-order valence-corrected chi connectivity index (χ1v) is 11.2. The largest absolute Gasteiger partial charge is 0.307 e. The van der Waals surface area contributed by atoms with Crippen LogP contribution in [-0.2, 0) is 11.1 Å². The summed E-state index contributed by atoms with van der Waals surface area (Å²) in [5.74, 6) is 0. The fourth-order valence-corrected chi connectivity index (χ4v) is 5.73. The minimum atomic E-state index is -2.11. The van der Waals surface area contributed by atoms with E-state index in [4.69, 9.17) is 0 Å². The fourth-order valence-electron chi connectivity index (χ4n) is 3.41. The number of rotatable bonds is 12. The van der Waals surface area contributed by atoms with Gasteiger partial charge in [0.25, 0.3) is 0 Å². The SMILES string of the molecule is CCCCCCCCCCCC[n+]1ccc2cc1P2(=O)CC. The molecular formula is C19H33NOP+. The number of aryl methyl sites for hydroxylation is 1. The van der Waals surface area contributed by atoms with Crippen molar-refractivity contribution in [1.82, 2.24) is 0 Å². The van der Waals surface area contributed by atoms with Crippen molar-refractivity contribution in [3.05, 3.63) is 18.3 Å². The van der Waals surface area contributed by atoms with Crippen LogP contribution >= 0.6 is 7.14 Å². The second kappa shape index (κ2) is 8.87. The summed E-state index contributed by atoms with van der Waals surface area (Å²) < 4.78 is 14.9. The molecule has 0 spiro atoms. The zero-order valence-electron chi connectivity index (χ0n) is 14.5. The lowest BCUT2D eigenvalue weighted by atomic mass is 10.1. The van der Waals surface area contributed by atoms with Crippen LogP contribution in [-0.4, -0.2) is 6.16 Å². The summed E-state index contributed by atoms with van der Waals surface area (Å²) in [6, 6.07) is 4.19. The Morgan fingerprint density at radius 2 is 1.50 bits per heavy atom. The smallest absolute Gasteiger partial charge is 0.244 e. The molecule has 2 nitrogen and oxygen atoms in total. The van der Waals surface area contributed by atoms with Gasteiger partial charge in [-0.15, -0.1) is 0 Å². The Kier molecular flexibility index (Phi) is 7.15. The van der Waals surface area contributed by atoms with Gasteiger partial charge in [-0.3, -0.25) is 0 Å². The highest BCUT2D eigenvalue weighted by Crippen LogP contribution is 2.46. The summed E-state index contributed by atoms with van der Waals surface area (Å²) in [7, 11) is -2.11. The minimum Gasteiger partial charge on any atom is -0.307 e. The van der Waals surface area contributed by atoms with E-state index in [-0.39, 0.29) is 0 Å². The van der Waals surface area contributed by atoms with Crippen LogP contribution in [0.5, 0.6) is 0 Å². The lowest BCUT2D eigenvalue weighted by Gasteiger charge is -2.23. The molecule has 0 aliphatic carbocycles. The van der Waals surface area contributed by atoms with Gasteiger partial charge in [0, 0.05) is 30.0 Å². The molecule has 0 saturated carbocycles. The van der Waals surface area contributed by atoms with E-state index in [2.05, 4.69) is 29.8 Å². The van der Waals surface area contributed by atoms with Gasteiger partial charge in [-0.25, -0.2) is 0 Å². The van der Waals surface area contributed by atoms with Crippen LogP contribution < -0.4 is 15.3 Å². The molecule has 0 fully saturated rings. The predicted molar refractivity (Wildman–Crippen MR) is 95.9 cm³/mol. The third-order valence-corrected chi connectivity index (χ3v) is 8.11. The summed E-state index contributed by atoms with van der Waals surface area (Å²) in [5, 5.41) is 1.09. The first-order valence-electron chi connectivity index (χ1n) is 9.36. The summed E-state index contributed by atoms with van der Waals surface area (Å²) in [6.45, 7) is 5.36. The predicted octanol–water partition coefficient (Wildman–Crippen LogP) is 4.54. The molecule has 0 saturated heterocycles. The normalized spacial score (nSPS) is 19.2. The van der Waals surface area contributed by atoms with Crippen molar-refractivity contribution in [2.75, 3.05) is 6.16 Å². The summed E-state index contributed by atoms with van der Waals surface area (Å²) >= 11 is 0. The molecule has 0 aromatic carbocycles. The highest BCUT2D eigenvalue weighted by atomic mass is 31.2. The maximum absolute atomic E-state index is 12.7. The maximum atomic E-state index is 12.7. The van der Waals surface area contributed by atoms with Crippen LogP contribution in [0.2, 0.25) is 0 Å². The topological polar surface area (TPSA) is 20.9 Å². The number of hydrogen-bond donors (Lipinski definition) is 0. The van der Waals surface area contributed by atoms with Crippen LogP contribution in [0.25, 0.3) is 0 Å². The van der Waals surface area contributed by atoms with Crippen LogP contribution in [0, 0.1) is 0 Å². The maximum Gasteiger partial charge on any atom is 0.244 e. The van der Waals surface area contributed by atoms with Crippen molar-refractivity contribution >= 4 is 17.9 Å². The molecule has 0 radical (unpaired) electrons. The molecule has 3 heteroatoms. The molecule has 22 heavy (non-hydrogen) atoms. The third-order valence-electron chi connectivity index (χ3n) is 4.98. The molecule has 1 unspecified atom stereocenters. The molecule has 1 aromatic heterocycles. The Labute approximate surface area is 136 Å². The standard InChI is InChI=1S/C19H33NOP/c1-3-5-6-7-8-9-10-11-12-13-15-20-16-14-18-17-19(20)22(18,21)4-2/h14,16-17H,3-13,15H2,1-2H3/q+1. The summed E-state index contributed by atoms with van der Waals surface area (Å²) in [4.78, 5) is 0. The fraction of sp³-hybridized carbons (Fsp3) is 0.737. The molecule has 3 rings (SSSR count). The average molecular weight is 322 g/mol. The number of pyridine rings is 1. The van der Waals surface area contributed by atoms with Crippen LogP contribution in [0.15, 0.2) is 18.3 Å². The molecule has 0 amide bonds. The molecular weight excluding hydrogens is 289 g/mol. The van der Waals surface area contributed by atoms with E-state index < -0.39 is 7.14 Å². The molecule has 3 heterocycles. The summed E-state index contributed by atoms with van der Waals surface area (Å²) in [5.41, 5.74) is 1.11. The van der Waals surface area contributed by atoms with Gasteiger partial charge in [0.2, 0.25) is 12.6 Å². The van der Waals surface area contributed by atoms with Gasteiger partial charge >= 0.3 is 0 Å². The van der Waals surface area contributed by atoms with Gasteiger partial charge in [-0.2, -0.15) is 4.57 Å². The Hall–Kier alpha value is -0.620. The first-order chi connectivity index (χ1) is 10.7. The zero-order chi connectivity index (χ0) is 15.8. The number of fused-ring (bicyclic) bond motifs is 2. The quantitative estimate of drug-likeness (QED) is 0.314. The zero-order valence-corrected chi connectivity index (χ0v) is 15.4. The van der Waals surface area contributed by atoms with E-state index in [9.17, 15) is 4.57 Å². The van der Waals surface area contributed by atoms with Crippen LogP contribution in [0.3, 0.4) is 0 Å². The monoisotopic (exact) mass is 322 g/mol. The lowest BCUT2D eigenvalue weighted by molar-refractivity contribution is -0.680. The number of unbranched alkanes of at least 4 members (excludes halogenated alkanes) is 9. The highest BCUT2D eigenvalue weighted by Gasteiger charge is 2.43. The van der Waals surface area contributed by atoms with Crippen molar-refractivity contribution in [1.29, 1.82) is 0 Å². The number of nitrogens with zero attached hydrogens (tertiary/aromatic N) is 1. The van der Waals surface area contributed by atoms with Crippen molar-refractivity contribution in [2.45, 2.75) is 84.6 Å². The van der Waals surface area contributed by atoms with E-state index >= 15 is 0 Å². The van der Waals surface area contributed by atoms with Crippen LogP contribution in [0.1, 0.15) is 78.1 Å². The Balaban J connectivity index is 1.55. The van der Waals surface area contributed by atoms with Crippen molar-refractivity contribution < 1.29 is 9.13 Å². The van der Waals surface area contributed by atoms with E-state index in [0.717, 1.165) is 23.4 Å². The average Bonchev–Trinajstić information content (AvgIpc) is 2.55. The van der Waals surface area contributed by atoms with Gasteiger partial charge in [0.15, 0.2) is 6.20 Å². The third kappa shape index (κ3) is 4.22. The van der Waals surface area contributed by atoms with E-state index in [0.29, 0.717) is 0 Å². The van der Waals surface area contributed by atoms with E-state index in [1.54, 1.807) is 0 Å². The van der Waals surface area contributed by atoms with Gasteiger partial charge in [-0.1, -0.05) is 65.2 Å². The summed E-state index contributed by atoms with van der Waals surface area (Å²) in [6.07, 6.45) is 16.6. The second-order valence-electron chi connectivity index (χ2n) is 6.67. The Morgan fingerprint density at radius 3 is 2.05 bits per heavy atom. The van der Waals surface area contributed by atoms with Gasteiger partial charge < -0.3 is 4.57 Å². The second-order valence-corrected chi connectivity index (χ2v) is 9.76. The molecule has 0 N–H and O–H groups in total. The van der Waals surface area contributed by atoms with E-state index in [1.165, 1.54) is 64.2 Å². The van der Waals surface area contributed by atoms with Gasteiger partial charge in [0.05, 0.1) is 0 Å². The first kappa shape index (κ1) is 17.7. The Bertz CT molecular complexity index is 508. The Morgan fingerprint density at radius 1 is 0.909 bits per heavy atom. The molecule has 1 aromatic rings. The molecule has 2 aliphatic rings. The molecule has 124 valence electrons. The molecule has 1 atom stereocenters.